The fourth-order valence-corrected chi connectivity index (χ4v) is 5.52. The topological polar surface area (TPSA) is 15.3 Å². The van der Waals surface area contributed by atoms with Gasteiger partial charge in [0.05, 0.1) is 11.4 Å². The fraction of sp³-hybridized carbons (Fsp3) is 0.520. The first-order valence-electron chi connectivity index (χ1n) is 10.8. The van der Waals surface area contributed by atoms with Gasteiger partial charge in [0, 0.05) is 16.5 Å². The quantitative estimate of drug-likeness (QED) is 0.615. The third-order valence-corrected chi connectivity index (χ3v) is 7.79. The van der Waals surface area contributed by atoms with E-state index in [4.69, 9.17) is 0 Å². The smallest absolute Gasteiger partial charge is 0.110 e. The Kier molecular flexibility index (Phi) is 4.49. The lowest BCUT2D eigenvalue weighted by Gasteiger charge is -2.57. The van der Waals surface area contributed by atoms with Crippen LogP contribution in [0.5, 0.6) is 0 Å². The van der Waals surface area contributed by atoms with Crippen molar-refractivity contribution in [1.82, 2.24) is 0 Å². The van der Waals surface area contributed by atoms with Crippen LogP contribution in [0.3, 0.4) is 0 Å². The van der Waals surface area contributed by atoms with Crippen LogP contribution < -0.4 is 10.2 Å². The van der Waals surface area contributed by atoms with E-state index in [1.165, 1.54) is 41.0 Å². The fourth-order valence-electron chi connectivity index (χ4n) is 5.52. The molecule has 4 rings (SSSR count). The second-order valence-electron chi connectivity index (χ2n) is 8.81. The van der Waals surface area contributed by atoms with Crippen molar-refractivity contribution in [3.8, 4) is 0 Å². The molecule has 27 heavy (non-hydrogen) atoms. The van der Waals surface area contributed by atoms with Gasteiger partial charge >= 0.3 is 0 Å². The van der Waals surface area contributed by atoms with Crippen molar-refractivity contribution in [2.75, 3.05) is 10.2 Å². The van der Waals surface area contributed by atoms with Gasteiger partial charge in [-0.25, -0.2) is 0 Å². The largest absolute Gasteiger partial charge is 0.363 e. The number of benzene rings is 2. The van der Waals surface area contributed by atoms with Gasteiger partial charge < -0.3 is 10.2 Å². The Hall–Kier alpha value is -1.96. The molecule has 2 aliphatic heterocycles. The summed E-state index contributed by atoms with van der Waals surface area (Å²) in [6.45, 7) is 12.0. The number of anilines is 3. The Morgan fingerprint density at radius 3 is 2.37 bits per heavy atom. The van der Waals surface area contributed by atoms with E-state index in [1.807, 2.05) is 0 Å². The van der Waals surface area contributed by atoms with Crippen LogP contribution >= 0.6 is 0 Å². The summed E-state index contributed by atoms with van der Waals surface area (Å²) in [6, 6.07) is 16.0. The molecule has 2 heteroatoms. The highest BCUT2D eigenvalue weighted by Crippen LogP contribution is 2.61. The maximum atomic E-state index is 4.01. The number of rotatable bonds is 5. The number of hydrogen-bond donors (Lipinski definition) is 1. The van der Waals surface area contributed by atoms with Crippen LogP contribution in [0, 0.1) is 5.41 Å². The highest BCUT2D eigenvalue weighted by atomic mass is 15.4. The summed E-state index contributed by atoms with van der Waals surface area (Å²) in [6.07, 6.45) is 6.25. The third kappa shape index (κ3) is 2.38. The molecule has 3 atom stereocenters. The summed E-state index contributed by atoms with van der Waals surface area (Å²) in [5.41, 5.74) is 7.39. The summed E-state index contributed by atoms with van der Waals surface area (Å²) in [7, 11) is 0. The second-order valence-corrected chi connectivity index (χ2v) is 8.81. The average molecular weight is 363 g/mol. The molecular formula is C25H34N2. The first kappa shape index (κ1) is 18.4. The average Bonchev–Trinajstić information content (AvgIpc) is 3.11. The van der Waals surface area contributed by atoms with Crippen molar-refractivity contribution >= 4 is 17.1 Å². The molecule has 0 spiro atoms. The minimum absolute atomic E-state index is 0.150. The minimum Gasteiger partial charge on any atom is -0.363 e. The van der Waals surface area contributed by atoms with Gasteiger partial charge in [-0.2, -0.15) is 0 Å². The van der Waals surface area contributed by atoms with Crippen molar-refractivity contribution in [1.29, 1.82) is 0 Å². The van der Waals surface area contributed by atoms with E-state index in [2.05, 4.69) is 87.3 Å². The molecule has 144 valence electrons. The molecule has 2 heterocycles. The lowest BCUT2D eigenvalue weighted by molar-refractivity contribution is 0.105. The first-order chi connectivity index (χ1) is 13.0. The van der Waals surface area contributed by atoms with Crippen LogP contribution in [0.1, 0.15) is 71.4 Å². The molecule has 1 N–H and O–H groups in total. The van der Waals surface area contributed by atoms with Crippen molar-refractivity contribution < 1.29 is 0 Å². The molecule has 0 fully saturated rings. The number of para-hydroxylation sites is 2. The van der Waals surface area contributed by atoms with Gasteiger partial charge in [0.15, 0.2) is 0 Å². The van der Waals surface area contributed by atoms with E-state index in [9.17, 15) is 0 Å². The number of nitrogens with zero attached hydrogens (tertiary/aromatic N) is 1. The lowest BCUT2D eigenvalue weighted by Crippen LogP contribution is -2.59. The van der Waals surface area contributed by atoms with Gasteiger partial charge in [-0.1, -0.05) is 71.4 Å². The third-order valence-electron chi connectivity index (χ3n) is 7.79. The molecule has 0 bridgehead atoms. The lowest BCUT2D eigenvalue weighted by atomic mass is 9.55. The molecule has 2 aromatic rings. The van der Waals surface area contributed by atoms with Gasteiger partial charge in [-0.3, -0.25) is 0 Å². The zero-order chi connectivity index (χ0) is 19.2. The summed E-state index contributed by atoms with van der Waals surface area (Å²) in [5, 5.41) is 4.01. The number of hydrogen-bond acceptors (Lipinski definition) is 2. The molecule has 0 saturated heterocycles. The minimum atomic E-state index is 0.150. The van der Waals surface area contributed by atoms with Crippen LogP contribution in [0.4, 0.5) is 17.1 Å². The molecule has 0 aliphatic carbocycles. The molecule has 2 aromatic carbocycles. The van der Waals surface area contributed by atoms with Crippen LogP contribution in [-0.4, -0.2) is 6.17 Å². The highest BCUT2D eigenvalue weighted by Gasteiger charge is 2.57. The molecule has 2 nitrogen and oxygen atoms in total. The van der Waals surface area contributed by atoms with Crippen LogP contribution in [-0.2, 0) is 11.8 Å². The summed E-state index contributed by atoms with van der Waals surface area (Å²) in [5.74, 6) is 0. The van der Waals surface area contributed by atoms with E-state index in [1.54, 1.807) is 0 Å². The maximum Gasteiger partial charge on any atom is 0.110 e. The Morgan fingerprint density at radius 1 is 0.926 bits per heavy atom. The zero-order valence-corrected chi connectivity index (χ0v) is 17.6. The Morgan fingerprint density at radius 2 is 1.67 bits per heavy atom. The maximum absolute atomic E-state index is 4.01. The second kappa shape index (κ2) is 6.58. The molecular weight excluding hydrogens is 328 g/mol. The summed E-state index contributed by atoms with van der Waals surface area (Å²) >= 11 is 0. The van der Waals surface area contributed by atoms with E-state index in [-0.39, 0.29) is 10.8 Å². The van der Waals surface area contributed by atoms with Gasteiger partial charge in [0.2, 0.25) is 0 Å². The van der Waals surface area contributed by atoms with E-state index < -0.39 is 0 Å². The molecule has 2 aliphatic rings. The molecule has 0 aromatic heterocycles. The van der Waals surface area contributed by atoms with E-state index in [0.29, 0.717) is 6.17 Å². The molecule has 0 radical (unpaired) electrons. The van der Waals surface area contributed by atoms with E-state index in [0.717, 1.165) is 19.3 Å². The van der Waals surface area contributed by atoms with Crippen LogP contribution in [0.2, 0.25) is 0 Å². The number of unbranched alkanes of at least 4 members (excludes halogenated alkanes) is 1. The number of nitrogens with one attached hydrogen (secondary N) is 1. The molecule has 0 saturated carbocycles. The van der Waals surface area contributed by atoms with Gasteiger partial charge in [0.25, 0.3) is 0 Å². The first-order valence-corrected chi connectivity index (χ1v) is 10.8. The van der Waals surface area contributed by atoms with E-state index >= 15 is 0 Å². The zero-order valence-electron chi connectivity index (χ0n) is 17.6. The van der Waals surface area contributed by atoms with Gasteiger partial charge in [-0.15, -0.1) is 0 Å². The van der Waals surface area contributed by atoms with Crippen molar-refractivity contribution in [3.05, 3.63) is 53.6 Å². The predicted molar refractivity (Wildman–Crippen MR) is 117 cm³/mol. The molecule has 3 unspecified atom stereocenters. The van der Waals surface area contributed by atoms with Crippen LogP contribution in [0.25, 0.3) is 0 Å². The molecule has 0 amide bonds. The Labute approximate surface area is 165 Å². The predicted octanol–water partition coefficient (Wildman–Crippen LogP) is 7.02. The van der Waals surface area contributed by atoms with Gasteiger partial charge in [-0.05, 0) is 48.9 Å². The summed E-state index contributed by atoms with van der Waals surface area (Å²) in [4.78, 5) is 2.60. The number of aryl methyl sites for hydroxylation is 1. The Balaban J connectivity index is 1.93. The Bertz CT molecular complexity index is 842. The number of fused-ring (bicyclic) bond motifs is 5. The SMILES string of the molecule is CCCCc1cccc2c1NC1N2c2ccccc2C(C)(CC)C1(C)CC. The monoisotopic (exact) mass is 362 g/mol. The van der Waals surface area contributed by atoms with Crippen molar-refractivity contribution in [3.63, 3.8) is 0 Å². The van der Waals surface area contributed by atoms with Crippen molar-refractivity contribution in [2.24, 2.45) is 5.41 Å². The summed E-state index contributed by atoms with van der Waals surface area (Å²) < 4.78 is 0. The van der Waals surface area contributed by atoms with Gasteiger partial charge in [0.1, 0.15) is 6.17 Å². The normalized spacial score (nSPS) is 28.3. The van der Waals surface area contributed by atoms with Crippen molar-refractivity contribution in [2.45, 2.75) is 78.3 Å². The highest BCUT2D eigenvalue weighted by molar-refractivity contribution is 5.87. The standard InChI is InChI=1S/C25H34N2/c1-6-9-13-18-14-12-17-21-22(18)26-23-25(5,8-3)24(4,7-2)19-15-10-11-16-20(19)27(21)23/h10-12,14-17,23,26H,6-9,13H2,1-5H3. The van der Waals surface area contributed by atoms with Crippen LogP contribution in [0.15, 0.2) is 42.5 Å².